The maximum atomic E-state index is 12.0. The number of hydrogen-bond donors (Lipinski definition) is 1. The van der Waals surface area contributed by atoms with E-state index in [1.165, 1.54) is 0 Å². The summed E-state index contributed by atoms with van der Waals surface area (Å²) in [5.74, 6) is 0.0426. The summed E-state index contributed by atoms with van der Waals surface area (Å²) in [5.41, 5.74) is 0.908. The van der Waals surface area contributed by atoms with Crippen LogP contribution >= 0.6 is 11.6 Å². The van der Waals surface area contributed by atoms with Gasteiger partial charge in [0.15, 0.2) is 0 Å². The zero-order valence-corrected chi connectivity index (χ0v) is 11.8. The van der Waals surface area contributed by atoms with Gasteiger partial charge in [-0.2, -0.15) is 0 Å². The summed E-state index contributed by atoms with van der Waals surface area (Å²) < 4.78 is 5.47. The number of piperazine rings is 1. The molecule has 0 spiro atoms. The van der Waals surface area contributed by atoms with Gasteiger partial charge in [-0.3, -0.25) is 4.79 Å². The first-order valence-electron chi connectivity index (χ1n) is 6.50. The fourth-order valence-electron chi connectivity index (χ4n) is 2.16. The minimum absolute atomic E-state index is 0.0426. The second-order valence-corrected chi connectivity index (χ2v) is 5.13. The highest BCUT2D eigenvalue weighted by molar-refractivity contribution is 6.31. The Labute approximate surface area is 118 Å². The molecule has 2 rings (SSSR count). The van der Waals surface area contributed by atoms with Crippen molar-refractivity contribution in [2.24, 2.45) is 0 Å². The van der Waals surface area contributed by atoms with Gasteiger partial charge in [-0.25, -0.2) is 0 Å². The SMILES string of the molecule is C[C@@H]1CNCCN1C(=O)COCc1ccccc1Cl. The van der Waals surface area contributed by atoms with E-state index >= 15 is 0 Å². The lowest BCUT2D eigenvalue weighted by atomic mass is 10.2. The summed E-state index contributed by atoms with van der Waals surface area (Å²) in [6, 6.07) is 7.73. The van der Waals surface area contributed by atoms with E-state index in [9.17, 15) is 4.79 Å². The van der Waals surface area contributed by atoms with Crippen LogP contribution in [0.5, 0.6) is 0 Å². The van der Waals surface area contributed by atoms with Crippen LogP contribution in [0.15, 0.2) is 24.3 Å². The Kier molecular flexibility index (Phi) is 5.19. The average Bonchev–Trinajstić information content (AvgIpc) is 2.41. The van der Waals surface area contributed by atoms with Crippen LogP contribution in [0.2, 0.25) is 5.02 Å². The molecule has 0 unspecified atom stereocenters. The van der Waals surface area contributed by atoms with E-state index in [2.05, 4.69) is 5.32 Å². The van der Waals surface area contributed by atoms with Crippen molar-refractivity contribution in [3.63, 3.8) is 0 Å². The number of nitrogens with one attached hydrogen (secondary N) is 1. The van der Waals surface area contributed by atoms with Gasteiger partial charge in [0, 0.05) is 30.7 Å². The maximum absolute atomic E-state index is 12.0. The van der Waals surface area contributed by atoms with Crippen molar-refractivity contribution in [2.45, 2.75) is 19.6 Å². The Bertz CT molecular complexity index is 439. The van der Waals surface area contributed by atoms with Gasteiger partial charge in [0.05, 0.1) is 6.61 Å². The van der Waals surface area contributed by atoms with Crippen molar-refractivity contribution in [1.82, 2.24) is 10.2 Å². The largest absolute Gasteiger partial charge is 0.367 e. The third kappa shape index (κ3) is 3.93. The molecule has 1 fully saturated rings. The molecule has 0 aromatic heterocycles. The molecule has 0 radical (unpaired) electrons. The molecular formula is C14H19ClN2O2. The first-order valence-corrected chi connectivity index (χ1v) is 6.87. The molecular weight excluding hydrogens is 264 g/mol. The number of carbonyl (C=O) groups excluding carboxylic acids is 1. The van der Waals surface area contributed by atoms with Crippen molar-refractivity contribution in [3.05, 3.63) is 34.9 Å². The van der Waals surface area contributed by atoms with Crippen LogP contribution in [-0.4, -0.2) is 43.1 Å². The number of carbonyl (C=O) groups is 1. The molecule has 104 valence electrons. The van der Waals surface area contributed by atoms with E-state index in [4.69, 9.17) is 16.3 Å². The number of amides is 1. The zero-order chi connectivity index (χ0) is 13.7. The lowest BCUT2D eigenvalue weighted by molar-refractivity contribution is -0.139. The predicted molar refractivity (Wildman–Crippen MR) is 75.2 cm³/mol. The molecule has 1 aliphatic heterocycles. The Balaban J connectivity index is 1.79. The topological polar surface area (TPSA) is 41.6 Å². The maximum Gasteiger partial charge on any atom is 0.248 e. The summed E-state index contributed by atoms with van der Waals surface area (Å²) in [4.78, 5) is 13.9. The van der Waals surface area contributed by atoms with Gasteiger partial charge in [0.1, 0.15) is 6.61 Å². The Morgan fingerprint density at radius 1 is 1.53 bits per heavy atom. The second kappa shape index (κ2) is 6.89. The molecule has 19 heavy (non-hydrogen) atoms. The summed E-state index contributed by atoms with van der Waals surface area (Å²) in [7, 11) is 0. The third-order valence-electron chi connectivity index (χ3n) is 3.26. The van der Waals surface area contributed by atoms with Gasteiger partial charge in [0.2, 0.25) is 5.91 Å². The van der Waals surface area contributed by atoms with Gasteiger partial charge in [-0.1, -0.05) is 29.8 Å². The van der Waals surface area contributed by atoms with Crippen molar-refractivity contribution in [3.8, 4) is 0 Å². The molecule has 1 atom stereocenters. The number of benzene rings is 1. The first kappa shape index (κ1) is 14.3. The Morgan fingerprint density at radius 2 is 2.32 bits per heavy atom. The van der Waals surface area contributed by atoms with Crippen LogP contribution in [0.3, 0.4) is 0 Å². The highest BCUT2D eigenvalue weighted by atomic mass is 35.5. The monoisotopic (exact) mass is 282 g/mol. The molecule has 1 aromatic carbocycles. The molecule has 1 N–H and O–H groups in total. The zero-order valence-electron chi connectivity index (χ0n) is 11.1. The summed E-state index contributed by atoms with van der Waals surface area (Å²) in [6.07, 6.45) is 0. The summed E-state index contributed by atoms with van der Waals surface area (Å²) >= 11 is 6.03. The molecule has 0 aliphatic carbocycles. The van der Waals surface area contributed by atoms with Crippen LogP contribution in [-0.2, 0) is 16.1 Å². The van der Waals surface area contributed by atoms with Crippen LogP contribution in [0.1, 0.15) is 12.5 Å². The molecule has 0 bridgehead atoms. The Morgan fingerprint density at radius 3 is 3.05 bits per heavy atom. The molecule has 5 heteroatoms. The van der Waals surface area contributed by atoms with Gasteiger partial charge in [-0.15, -0.1) is 0 Å². The smallest absolute Gasteiger partial charge is 0.248 e. The van der Waals surface area contributed by atoms with Gasteiger partial charge < -0.3 is 15.0 Å². The summed E-state index contributed by atoms with van der Waals surface area (Å²) in [6.45, 7) is 4.95. The number of halogens is 1. The minimum atomic E-state index is 0.0426. The molecule has 1 aromatic rings. The summed E-state index contributed by atoms with van der Waals surface area (Å²) in [5, 5.41) is 3.93. The van der Waals surface area contributed by atoms with E-state index < -0.39 is 0 Å². The second-order valence-electron chi connectivity index (χ2n) is 4.72. The van der Waals surface area contributed by atoms with Crippen LogP contribution < -0.4 is 5.32 Å². The Hall–Kier alpha value is -1.10. The van der Waals surface area contributed by atoms with E-state index in [-0.39, 0.29) is 18.6 Å². The van der Waals surface area contributed by atoms with Crippen molar-refractivity contribution in [1.29, 1.82) is 0 Å². The molecule has 1 heterocycles. The molecule has 0 saturated carbocycles. The molecule has 4 nitrogen and oxygen atoms in total. The molecule has 1 saturated heterocycles. The van der Waals surface area contributed by atoms with E-state index in [1.54, 1.807) is 0 Å². The van der Waals surface area contributed by atoms with Crippen LogP contribution in [0.4, 0.5) is 0 Å². The van der Waals surface area contributed by atoms with Crippen molar-refractivity contribution in [2.75, 3.05) is 26.2 Å². The highest BCUT2D eigenvalue weighted by Crippen LogP contribution is 2.15. The van der Waals surface area contributed by atoms with E-state index in [0.717, 1.165) is 25.2 Å². The third-order valence-corrected chi connectivity index (χ3v) is 3.63. The van der Waals surface area contributed by atoms with E-state index in [1.807, 2.05) is 36.1 Å². The van der Waals surface area contributed by atoms with Crippen LogP contribution in [0.25, 0.3) is 0 Å². The fourth-order valence-corrected chi connectivity index (χ4v) is 2.35. The number of hydrogen-bond acceptors (Lipinski definition) is 3. The molecule has 1 amide bonds. The number of ether oxygens (including phenoxy) is 1. The van der Waals surface area contributed by atoms with Gasteiger partial charge >= 0.3 is 0 Å². The lowest BCUT2D eigenvalue weighted by Gasteiger charge is -2.33. The lowest BCUT2D eigenvalue weighted by Crippen LogP contribution is -2.53. The van der Waals surface area contributed by atoms with Crippen LogP contribution in [0, 0.1) is 0 Å². The predicted octanol–water partition coefficient (Wildman–Crippen LogP) is 1.68. The first-order chi connectivity index (χ1) is 9.18. The van der Waals surface area contributed by atoms with Gasteiger partial charge in [0.25, 0.3) is 0 Å². The van der Waals surface area contributed by atoms with Gasteiger partial charge in [-0.05, 0) is 18.6 Å². The number of nitrogens with zero attached hydrogens (tertiary/aromatic N) is 1. The van der Waals surface area contributed by atoms with E-state index in [0.29, 0.717) is 11.6 Å². The quantitative estimate of drug-likeness (QED) is 0.914. The molecule has 1 aliphatic rings. The number of rotatable bonds is 4. The van der Waals surface area contributed by atoms with Crippen molar-refractivity contribution >= 4 is 17.5 Å². The average molecular weight is 283 g/mol. The standard InChI is InChI=1S/C14H19ClN2O2/c1-11-8-16-6-7-17(11)14(18)10-19-9-12-4-2-3-5-13(12)15/h2-5,11,16H,6-10H2,1H3/t11-/m1/s1. The highest BCUT2D eigenvalue weighted by Gasteiger charge is 2.22. The fraction of sp³-hybridized carbons (Fsp3) is 0.500. The normalized spacial score (nSPS) is 19.5. The minimum Gasteiger partial charge on any atom is -0.367 e. The van der Waals surface area contributed by atoms with Crippen molar-refractivity contribution < 1.29 is 9.53 Å².